The van der Waals surface area contributed by atoms with E-state index in [1.807, 2.05) is 32.2 Å². The van der Waals surface area contributed by atoms with Gasteiger partial charge in [-0.25, -0.2) is 14.8 Å². The molecule has 9 nitrogen and oxygen atoms in total. The van der Waals surface area contributed by atoms with Gasteiger partial charge in [-0.15, -0.1) is 0 Å². The van der Waals surface area contributed by atoms with Crippen LogP contribution >= 0.6 is 0 Å². The summed E-state index contributed by atoms with van der Waals surface area (Å²) in [5, 5.41) is 8.89. The molecule has 1 saturated heterocycles. The molecule has 2 N–H and O–H groups in total. The fourth-order valence-corrected chi connectivity index (χ4v) is 4.35. The Morgan fingerprint density at radius 1 is 1.24 bits per heavy atom. The van der Waals surface area contributed by atoms with Crippen molar-refractivity contribution in [2.45, 2.75) is 39.7 Å². The summed E-state index contributed by atoms with van der Waals surface area (Å²) < 4.78 is 11.1. The highest BCUT2D eigenvalue weighted by Gasteiger charge is 2.22. The lowest BCUT2D eigenvalue weighted by molar-refractivity contribution is -0.139. The van der Waals surface area contributed by atoms with Gasteiger partial charge in [0, 0.05) is 31.2 Å². The van der Waals surface area contributed by atoms with E-state index in [1.54, 1.807) is 18.5 Å². The molecule has 0 radical (unpaired) electrons. The number of ether oxygens (including phenoxy) is 2. The van der Waals surface area contributed by atoms with Crippen molar-refractivity contribution in [3.63, 3.8) is 0 Å². The first-order valence-electron chi connectivity index (χ1n) is 11.7. The number of H-pyrrole nitrogens is 1. The Kier molecular flexibility index (Phi) is 7.74. The van der Waals surface area contributed by atoms with Gasteiger partial charge in [0.05, 0.1) is 18.5 Å². The minimum absolute atomic E-state index is 0.392. The summed E-state index contributed by atoms with van der Waals surface area (Å²) >= 11 is 0. The van der Waals surface area contributed by atoms with E-state index in [4.69, 9.17) is 19.6 Å². The largest absolute Gasteiger partial charge is 0.490 e. The third-order valence-electron chi connectivity index (χ3n) is 5.80. The van der Waals surface area contributed by atoms with Gasteiger partial charge in [0.1, 0.15) is 5.69 Å². The molecule has 1 aliphatic rings. The Balaban J connectivity index is 1.38. The first-order valence-corrected chi connectivity index (χ1v) is 11.7. The molecular weight excluding hydrogens is 434 g/mol. The molecule has 0 aliphatic carbocycles. The zero-order valence-corrected chi connectivity index (χ0v) is 19.7. The molecule has 4 rings (SSSR count). The van der Waals surface area contributed by atoms with Gasteiger partial charge in [0.15, 0.2) is 23.9 Å². The molecule has 1 aromatic carbocycles. The van der Waals surface area contributed by atoms with Crippen molar-refractivity contribution >= 4 is 5.97 Å². The number of imidazole rings is 1. The van der Waals surface area contributed by atoms with Crippen LogP contribution in [0.5, 0.6) is 11.5 Å². The van der Waals surface area contributed by atoms with E-state index in [0.29, 0.717) is 24.0 Å². The summed E-state index contributed by atoms with van der Waals surface area (Å²) in [6.07, 6.45) is 8.56. The fraction of sp³-hybridized carbons (Fsp3) is 0.440. The first-order chi connectivity index (χ1) is 16.5. The van der Waals surface area contributed by atoms with Gasteiger partial charge in [-0.2, -0.15) is 0 Å². The van der Waals surface area contributed by atoms with Gasteiger partial charge in [0.25, 0.3) is 0 Å². The second kappa shape index (κ2) is 11.1. The molecule has 9 heteroatoms. The maximum atomic E-state index is 10.8. The maximum Gasteiger partial charge on any atom is 0.341 e. The van der Waals surface area contributed by atoms with Crippen LogP contribution in [0.1, 0.15) is 36.7 Å². The van der Waals surface area contributed by atoms with Gasteiger partial charge in [-0.1, -0.05) is 6.07 Å². The smallest absolute Gasteiger partial charge is 0.341 e. The quantitative estimate of drug-likeness (QED) is 0.468. The number of carbonyl (C=O) groups is 1. The summed E-state index contributed by atoms with van der Waals surface area (Å²) in [4.78, 5) is 30.0. The molecule has 1 atom stereocenters. The van der Waals surface area contributed by atoms with Crippen LogP contribution in [0.2, 0.25) is 0 Å². The second-order valence-electron chi connectivity index (χ2n) is 8.65. The van der Waals surface area contributed by atoms with Gasteiger partial charge in [0.2, 0.25) is 0 Å². The number of hydrogen-bond donors (Lipinski definition) is 2. The Labute approximate surface area is 199 Å². The summed E-state index contributed by atoms with van der Waals surface area (Å²) in [6.45, 7) is 6.77. The number of rotatable bonds is 10. The normalized spacial score (nSPS) is 16.4. The number of hydrogen-bond acceptors (Lipinski definition) is 7. The predicted octanol–water partition coefficient (Wildman–Crippen LogP) is 3.49. The molecule has 1 fully saturated rings. The van der Waals surface area contributed by atoms with Crippen molar-refractivity contribution in [1.29, 1.82) is 0 Å². The molecule has 0 amide bonds. The Morgan fingerprint density at radius 2 is 2.12 bits per heavy atom. The topological polar surface area (TPSA) is 113 Å². The highest BCUT2D eigenvalue weighted by molar-refractivity contribution is 5.68. The molecule has 3 aromatic rings. The lowest BCUT2D eigenvalue weighted by Crippen LogP contribution is -2.35. The van der Waals surface area contributed by atoms with Gasteiger partial charge in [-0.3, -0.25) is 9.88 Å². The molecule has 0 saturated carbocycles. The summed E-state index contributed by atoms with van der Waals surface area (Å²) in [5.74, 6) is 1.27. The maximum absolute atomic E-state index is 10.8. The van der Waals surface area contributed by atoms with Crippen LogP contribution in [0.25, 0.3) is 11.5 Å². The molecule has 180 valence electrons. The van der Waals surface area contributed by atoms with Crippen molar-refractivity contribution in [2.75, 3.05) is 26.3 Å². The average Bonchev–Trinajstić information content (AvgIpc) is 3.25. The van der Waals surface area contributed by atoms with E-state index in [9.17, 15) is 4.79 Å². The second-order valence-corrected chi connectivity index (χ2v) is 8.65. The lowest BCUT2D eigenvalue weighted by atomic mass is 9.93. The van der Waals surface area contributed by atoms with Crippen LogP contribution in [0.4, 0.5) is 0 Å². The third kappa shape index (κ3) is 6.32. The number of aromatic amines is 1. The van der Waals surface area contributed by atoms with Crippen molar-refractivity contribution in [1.82, 2.24) is 24.8 Å². The van der Waals surface area contributed by atoms with Gasteiger partial charge in [-0.05, 0) is 63.3 Å². The Hall–Kier alpha value is -3.46. The number of nitrogens with one attached hydrogen (secondary N) is 1. The van der Waals surface area contributed by atoms with Crippen molar-refractivity contribution in [2.24, 2.45) is 5.92 Å². The molecule has 0 spiro atoms. The molecular formula is C25H31N5O4. The molecule has 34 heavy (non-hydrogen) atoms. The molecule has 0 bridgehead atoms. The first kappa shape index (κ1) is 23.7. The number of likely N-dealkylation sites (tertiary alicyclic amines) is 1. The molecule has 1 aliphatic heterocycles. The number of aliphatic carboxylic acids is 1. The Morgan fingerprint density at radius 3 is 2.88 bits per heavy atom. The monoisotopic (exact) mass is 465 g/mol. The molecule has 0 unspecified atom stereocenters. The third-order valence-corrected chi connectivity index (χ3v) is 5.80. The van der Waals surface area contributed by atoms with Crippen LogP contribution in [0, 0.1) is 12.8 Å². The number of carboxylic acids is 1. The SMILES string of the molecule is CCOc1cc(CN2CCC[C@@H](Cc3cncc(-c4ncc(C)[nH]4)n3)C2)ccc1OCC(=O)O. The number of carboxylic acid groups (broad SMARTS) is 1. The van der Waals surface area contributed by atoms with Crippen molar-refractivity contribution in [3.05, 3.63) is 53.7 Å². The van der Waals surface area contributed by atoms with E-state index in [1.165, 1.54) is 0 Å². The number of piperidine rings is 1. The number of aryl methyl sites for hydroxylation is 1. The molecule has 3 heterocycles. The van der Waals surface area contributed by atoms with Crippen LogP contribution in [-0.2, 0) is 17.8 Å². The van der Waals surface area contributed by atoms with Crippen LogP contribution in [-0.4, -0.2) is 62.2 Å². The van der Waals surface area contributed by atoms with E-state index < -0.39 is 12.6 Å². The fourth-order valence-electron chi connectivity index (χ4n) is 4.35. The zero-order chi connectivity index (χ0) is 23.9. The lowest BCUT2D eigenvalue weighted by Gasteiger charge is -2.32. The minimum atomic E-state index is -1.01. The highest BCUT2D eigenvalue weighted by atomic mass is 16.5. The number of nitrogens with zero attached hydrogens (tertiary/aromatic N) is 4. The van der Waals surface area contributed by atoms with E-state index in [0.717, 1.165) is 67.4 Å². The zero-order valence-electron chi connectivity index (χ0n) is 19.7. The predicted molar refractivity (Wildman–Crippen MR) is 127 cm³/mol. The standard InChI is InChI=1S/C25H31N5O4/c1-3-33-23-10-19(6-7-22(23)34-16-24(31)32)15-30-8-4-5-18(14-30)9-20-12-26-13-21(29-20)25-27-11-17(2)28-25/h6-7,10-13,18H,3-5,8-9,14-16H2,1-2H3,(H,27,28)(H,31,32)/t18-/m0/s1. The van der Waals surface area contributed by atoms with E-state index >= 15 is 0 Å². The molecule has 2 aromatic heterocycles. The van der Waals surface area contributed by atoms with Gasteiger partial charge < -0.3 is 19.6 Å². The van der Waals surface area contributed by atoms with Crippen LogP contribution < -0.4 is 9.47 Å². The van der Waals surface area contributed by atoms with E-state index in [-0.39, 0.29) is 0 Å². The van der Waals surface area contributed by atoms with Gasteiger partial charge >= 0.3 is 5.97 Å². The average molecular weight is 466 g/mol. The van der Waals surface area contributed by atoms with Crippen molar-refractivity contribution < 1.29 is 19.4 Å². The van der Waals surface area contributed by atoms with E-state index in [2.05, 4.69) is 19.9 Å². The summed E-state index contributed by atoms with van der Waals surface area (Å²) in [6, 6.07) is 5.72. The van der Waals surface area contributed by atoms with Crippen LogP contribution in [0.3, 0.4) is 0 Å². The number of aromatic nitrogens is 4. The summed E-state index contributed by atoms with van der Waals surface area (Å²) in [5.41, 5.74) is 3.87. The Bertz CT molecular complexity index is 1120. The minimum Gasteiger partial charge on any atom is -0.490 e. The van der Waals surface area contributed by atoms with Crippen LogP contribution in [0.15, 0.2) is 36.8 Å². The highest BCUT2D eigenvalue weighted by Crippen LogP contribution is 2.30. The number of benzene rings is 1. The summed E-state index contributed by atoms with van der Waals surface area (Å²) in [7, 11) is 0. The van der Waals surface area contributed by atoms with Crippen molar-refractivity contribution in [3.8, 4) is 23.0 Å².